The Hall–Kier alpha value is -1.32. The van der Waals surface area contributed by atoms with Gasteiger partial charge < -0.3 is 9.42 Å². The molecule has 1 saturated heterocycles. The summed E-state index contributed by atoms with van der Waals surface area (Å²) in [6.45, 7) is 7.76. The molecule has 1 fully saturated rings. The Kier molecular flexibility index (Phi) is 2.29. The van der Waals surface area contributed by atoms with Crippen molar-refractivity contribution in [3.8, 4) is 0 Å². The number of rotatable bonds is 1. The molecule has 4 heteroatoms. The van der Waals surface area contributed by atoms with Crippen LogP contribution in [-0.4, -0.2) is 29.1 Å². The van der Waals surface area contributed by atoms with Gasteiger partial charge in [-0.25, -0.2) is 0 Å². The van der Waals surface area contributed by atoms with Gasteiger partial charge in [0.15, 0.2) is 5.69 Å². The van der Waals surface area contributed by atoms with Gasteiger partial charge in [0.05, 0.1) is 0 Å². The molecule has 0 radical (unpaired) electrons. The molecular weight excluding hydrogens is 192 g/mol. The van der Waals surface area contributed by atoms with Gasteiger partial charge in [0, 0.05) is 19.2 Å². The third-order valence-electron chi connectivity index (χ3n) is 2.81. The van der Waals surface area contributed by atoms with Crippen LogP contribution in [0.1, 0.15) is 36.5 Å². The molecule has 0 spiro atoms. The summed E-state index contributed by atoms with van der Waals surface area (Å²) in [5, 5.41) is 3.74. The van der Waals surface area contributed by atoms with E-state index in [-0.39, 0.29) is 11.3 Å². The van der Waals surface area contributed by atoms with Crippen molar-refractivity contribution in [3.63, 3.8) is 0 Å². The first-order valence-electron chi connectivity index (χ1n) is 5.20. The highest BCUT2D eigenvalue weighted by Crippen LogP contribution is 2.29. The normalized spacial score (nSPS) is 19.5. The van der Waals surface area contributed by atoms with Crippen LogP contribution in [0.5, 0.6) is 0 Å². The predicted molar refractivity (Wildman–Crippen MR) is 55.5 cm³/mol. The van der Waals surface area contributed by atoms with E-state index in [0.717, 1.165) is 19.5 Å². The topological polar surface area (TPSA) is 46.3 Å². The van der Waals surface area contributed by atoms with Crippen LogP contribution in [0.3, 0.4) is 0 Å². The summed E-state index contributed by atoms with van der Waals surface area (Å²) in [4.78, 5) is 13.8. The summed E-state index contributed by atoms with van der Waals surface area (Å²) in [5.41, 5.74) is 0.652. The number of carbonyl (C=O) groups is 1. The molecule has 1 aliphatic heterocycles. The lowest BCUT2D eigenvalue weighted by molar-refractivity contribution is 0.0768. The Morgan fingerprint density at radius 2 is 2.33 bits per heavy atom. The van der Waals surface area contributed by atoms with Crippen LogP contribution in [-0.2, 0) is 0 Å². The summed E-state index contributed by atoms with van der Waals surface area (Å²) >= 11 is 0. The lowest BCUT2D eigenvalue weighted by Crippen LogP contribution is -2.30. The van der Waals surface area contributed by atoms with Crippen LogP contribution >= 0.6 is 0 Å². The third-order valence-corrected chi connectivity index (χ3v) is 2.81. The van der Waals surface area contributed by atoms with E-state index in [1.807, 2.05) is 4.90 Å². The highest BCUT2D eigenvalue weighted by Gasteiger charge is 2.33. The van der Waals surface area contributed by atoms with Crippen molar-refractivity contribution in [1.82, 2.24) is 10.1 Å². The number of aromatic nitrogens is 1. The summed E-state index contributed by atoms with van der Waals surface area (Å²) in [5.74, 6) is 0.661. The molecule has 2 heterocycles. The number of likely N-dealkylation sites (tertiary alicyclic amines) is 1. The predicted octanol–water partition coefficient (Wildman–Crippen LogP) is 1.86. The first-order valence-corrected chi connectivity index (χ1v) is 5.20. The maximum atomic E-state index is 12.0. The van der Waals surface area contributed by atoms with Crippen molar-refractivity contribution in [2.24, 2.45) is 5.41 Å². The Balaban J connectivity index is 2.10. The highest BCUT2D eigenvalue weighted by molar-refractivity contribution is 5.92. The average molecular weight is 208 g/mol. The largest absolute Gasteiger partial charge is 0.361 e. The molecule has 1 aromatic heterocycles. The maximum absolute atomic E-state index is 12.0. The fraction of sp³-hybridized carbons (Fsp3) is 0.636. The Bertz CT molecular complexity index is 382. The highest BCUT2D eigenvalue weighted by atomic mass is 16.5. The quantitative estimate of drug-likeness (QED) is 0.707. The van der Waals surface area contributed by atoms with Crippen LogP contribution in [0.4, 0.5) is 0 Å². The molecule has 0 aliphatic carbocycles. The monoisotopic (exact) mass is 208 g/mol. The van der Waals surface area contributed by atoms with E-state index in [1.54, 1.807) is 13.0 Å². The minimum absolute atomic E-state index is 0.0163. The van der Waals surface area contributed by atoms with Crippen molar-refractivity contribution >= 4 is 5.91 Å². The minimum atomic E-state index is -0.0163. The van der Waals surface area contributed by atoms with E-state index in [9.17, 15) is 4.79 Å². The van der Waals surface area contributed by atoms with Crippen LogP contribution in [0, 0.1) is 12.3 Å². The van der Waals surface area contributed by atoms with Gasteiger partial charge in [-0.3, -0.25) is 4.79 Å². The SMILES string of the molecule is Cc1cc(C(=O)N2CCC(C)(C)C2)no1. The number of hydrogen-bond donors (Lipinski definition) is 0. The second-order valence-electron chi connectivity index (χ2n) is 4.96. The van der Waals surface area contributed by atoms with Crippen molar-refractivity contribution in [3.05, 3.63) is 17.5 Å². The summed E-state index contributed by atoms with van der Waals surface area (Å²) in [7, 11) is 0. The lowest BCUT2D eigenvalue weighted by atomic mass is 9.93. The van der Waals surface area contributed by atoms with E-state index in [0.29, 0.717) is 11.5 Å². The molecule has 2 rings (SSSR count). The number of hydrogen-bond acceptors (Lipinski definition) is 3. The van der Waals surface area contributed by atoms with E-state index in [1.165, 1.54) is 0 Å². The summed E-state index contributed by atoms with van der Waals surface area (Å²) in [6, 6.07) is 1.69. The summed E-state index contributed by atoms with van der Waals surface area (Å²) < 4.78 is 4.90. The smallest absolute Gasteiger partial charge is 0.276 e. The van der Waals surface area contributed by atoms with Crippen LogP contribution in [0.25, 0.3) is 0 Å². The molecule has 0 bridgehead atoms. The number of nitrogens with zero attached hydrogens (tertiary/aromatic N) is 2. The van der Waals surface area contributed by atoms with E-state index in [2.05, 4.69) is 19.0 Å². The molecule has 1 aromatic rings. The molecule has 4 nitrogen and oxygen atoms in total. The van der Waals surface area contributed by atoms with Gasteiger partial charge in [-0.1, -0.05) is 19.0 Å². The van der Waals surface area contributed by atoms with Gasteiger partial charge in [-0.05, 0) is 18.8 Å². The van der Waals surface area contributed by atoms with Crippen LogP contribution < -0.4 is 0 Å². The van der Waals surface area contributed by atoms with Gasteiger partial charge in [-0.2, -0.15) is 0 Å². The molecule has 0 saturated carbocycles. The minimum Gasteiger partial charge on any atom is -0.361 e. The van der Waals surface area contributed by atoms with E-state index < -0.39 is 0 Å². The molecule has 15 heavy (non-hydrogen) atoms. The number of aryl methyl sites for hydroxylation is 1. The zero-order chi connectivity index (χ0) is 11.1. The molecular formula is C11H16N2O2. The first-order chi connectivity index (χ1) is 6.98. The van der Waals surface area contributed by atoms with Gasteiger partial charge in [0.25, 0.3) is 5.91 Å². The second kappa shape index (κ2) is 3.36. The summed E-state index contributed by atoms with van der Waals surface area (Å²) in [6.07, 6.45) is 1.05. The molecule has 82 valence electrons. The van der Waals surface area contributed by atoms with Crippen molar-refractivity contribution in [2.75, 3.05) is 13.1 Å². The standard InChI is InChI=1S/C11H16N2O2/c1-8-6-9(12-15-8)10(14)13-5-4-11(2,3)7-13/h6H,4-5,7H2,1-3H3. The maximum Gasteiger partial charge on any atom is 0.276 e. The van der Waals surface area contributed by atoms with Gasteiger partial charge in [-0.15, -0.1) is 0 Å². The number of carbonyl (C=O) groups excluding carboxylic acids is 1. The van der Waals surface area contributed by atoms with Crippen molar-refractivity contribution in [2.45, 2.75) is 27.2 Å². The third kappa shape index (κ3) is 2.03. The Morgan fingerprint density at radius 1 is 1.60 bits per heavy atom. The van der Waals surface area contributed by atoms with Crippen LogP contribution in [0.15, 0.2) is 10.6 Å². The zero-order valence-corrected chi connectivity index (χ0v) is 9.41. The van der Waals surface area contributed by atoms with Gasteiger partial charge in [0.2, 0.25) is 0 Å². The second-order valence-corrected chi connectivity index (χ2v) is 4.96. The molecule has 1 aliphatic rings. The first kappa shape index (κ1) is 10.2. The van der Waals surface area contributed by atoms with E-state index in [4.69, 9.17) is 4.52 Å². The van der Waals surface area contributed by atoms with Crippen LogP contribution in [0.2, 0.25) is 0 Å². The van der Waals surface area contributed by atoms with Crippen molar-refractivity contribution < 1.29 is 9.32 Å². The number of amides is 1. The Labute approximate surface area is 89.2 Å². The van der Waals surface area contributed by atoms with E-state index >= 15 is 0 Å². The molecule has 0 aromatic carbocycles. The molecule has 0 unspecified atom stereocenters. The zero-order valence-electron chi connectivity index (χ0n) is 9.41. The molecule has 1 amide bonds. The fourth-order valence-corrected chi connectivity index (χ4v) is 1.91. The lowest BCUT2D eigenvalue weighted by Gasteiger charge is -2.18. The average Bonchev–Trinajstić information content (AvgIpc) is 2.71. The Morgan fingerprint density at radius 3 is 2.80 bits per heavy atom. The molecule has 0 atom stereocenters. The molecule has 0 N–H and O–H groups in total. The van der Waals surface area contributed by atoms with Gasteiger partial charge >= 0.3 is 0 Å². The fourth-order valence-electron chi connectivity index (χ4n) is 1.91. The van der Waals surface area contributed by atoms with Gasteiger partial charge in [0.1, 0.15) is 5.76 Å². The van der Waals surface area contributed by atoms with Crippen molar-refractivity contribution in [1.29, 1.82) is 0 Å².